The largest absolute Gasteiger partial charge is 0.444 e. The summed E-state index contributed by atoms with van der Waals surface area (Å²) in [5, 5.41) is 5.41. The van der Waals surface area contributed by atoms with Gasteiger partial charge >= 0.3 is 6.09 Å². The normalized spacial score (nSPS) is 10.9. The molecular weight excluding hydrogens is 282 g/mol. The maximum atomic E-state index is 12.0. The zero-order valence-electron chi connectivity index (χ0n) is 13.7. The van der Waals surface area contributed by atoms with Crippen LogP contribution in [0.15, 0.2) is 18.2 Å². The van der Waals surface area contributed by atoms with Crippen LogP contribution < -0.4 is 16.4 Å². The van der Waals surface area contributed by atoms with E-state index in [1.54, 1.807) is 32.9 Å². The maximum Gasteiger partial charge on any atom is 0.407 e. The topological polar surface area (TPSA) is 93.5 Å². The van der Waals surface area contributed by atoms with Gasteiger partial charge in [-0.3, -0.25) is 4.79 Å². The Labute approximate surface area is 131 Å². The Bertz CT molecular complexity index is 536. The number of hydrogen-bond acceptors (Lipinski definition) is 4. The molecule has 122 valence electrons. The Morgan fingerprint density at radius 2 is 1.82 bits per heavy atom. The third kappa shape index (κ3) is 6.03. The predicted molar refractivity (Wildman–Crippen MR) is 86.8 cm³/mol. The molecule has 0 heterocycles. The summed E-state index contributed by atoms with van der Waals surface area (Å²) in [6.07, 6.45) is 0.151. The van der Waals surface area contributed by atoms with Crippen LogP contribution in [0.3, 0.4) is 0 Å². The van der Waals surface area contributed by atoms with Gasteiger partial charge in [-0.2, -0.15) is 0 Å². The highest BCUT2D eigenvalue weighted by Gasteiger charge is 2.15. The standard InChI is InChI=1S/C16H25N3O3/c1-11-7-5-8-12(13(11)17)14(20)18-9-6-10-19-15(21)22-16(2,3)4/h5,7-8H,6,9-10,17H2,1-4H3,(H,18,20)(H,19,21). The zero-order valence-corrected chi connectivity index (χ0v) is 13.7. The lowest BCUT2D eigenvalue weighted by Gasteiger charge is -2.19. The molecule has 22 heavy (non-hydrogen) atoms. The second-order valence-electron chi connectivity index (χ2n) is 6.07. The quantitative estimate of drug-likeness (QED) is 0.574. The fourth-order valence-corrected chi connectivity index (χ4v) is 1.77. The van der Waals surface area contributed by atoms with Gasteiger partial charge in [-0.1, -0.05) is 12.1 Å². The Morgan fingerprint density at radius 1 is 1.18 bits per heavy atom. The molecule has 0 radical (unpaired) electrons. The number of carbonyl (C=O) groups excluding carboxylic acids is 2. The van der Waals surface area contributed by atoms with Crippen LogP contribution in [0.25, 0.3) is 0 Å². The number of benzene rings is 1. The van der Waals surface area contributed by atoms with Gasteiger partial charge < -0.3 is 21.1 Å². The molecule has 0 spiro atoms. The van der Waals surface area contributed by atoms with E-state index in [1.165, 1.54) is 0 Å². The minimum absolute atomic E-state index is 0.210. The zero-order chi connectivity index (χ0) is 16.8. The Hall–Kier alpha value is -2.24. The number of nitrogens with two attached hydrogens (primary N) is 1. The van der Waals surface area contributed by atoms with Crippen molar-refractivity contribution in [1.82, 2.24) is 10.6 Å². The minimum atomic E-state index is -0.513. The molecule has 1 aromatic rings. The summed E-state index contributed by atoms with van der Waals surface area (Å²) in [5.74, 6) is -0.210. The first kappa shape index (κ1) is 17.8. The number of anilines is 1. The number of alkyl carbamates (subject to hydrolysis) is 1. The number of aryl methyl sites for hydroxylation is 1. The van der Waals surface area contributed by atoms with Crippen molar-refractivity contribution >= 4 is 17.7 Å². The van der Waals surface area contributed by atoms with Gasteiger partial charge in [0.1, 0.15) is 5.60 Å². The molecule has 0 aromatic heterocycles. The Morgan fingerprint density at radius 3 is 2.45 bits per heavy atom. The lowest BCUT2D eigenvalue weighted by atomic mass is 10.1. The van der Waals surface area contributed by atoms with Crippen molar-refractivity contribution in [1.29, 1.82) is 0 Å². The molecule has 1 rings (SSSR count). The summed E-state index contributed by atoms with van der Waals surface area (Å²) in [6, 6.07) is 5.35. The molecule has 0 atom stereocenters. The number of para-hydroxylation sites is 1. The van der Waals surface area contributed by atoms with Gasteiger partial charge in [-0.05, 0) is 45.7 Å². The number of nitrogen functional groups attached to an aromatic ring is 1. The minimum Gasteiger partial charge on any atom is -0.444 e. The molecule has 0 aliphatic heterocycles. The maximum absolute atomic E-state index is 12.0. The summed E-state index contributed by atoms with van der Waals surface area (Å²) >= 11 is 0. The number of amides is 2. The van der Waals surface area contributed by atoms with Crippen molar-refractivity contribution in [2.75, 3.05) is 18.8 Å². The predicted octanol–water partition coefficient (Wildman–Crippen LogP) is 2.22. The van der Waals surface area contributed by atoms with Crippen molar-refractivity contribution < 1.29 is 14.3 Å². The molecule has 0 aliphatic carbocycles. The molecular formula is C16H25N3O3. The first-order chi connectivity index (χ1) is 10.2. The van der Waals surface area contributed by atoms with Gasteiger partial charge in [-0.15, -0.1) is 0 Å². The Balaban J connectivity index is 2.29. The highest BCUT2D eigenvalue weighted by molar-refractivity contribution is 5.99. The molecule has 4 N–H and O–H groups in total. The number of nitrogens with one attached hydrogen (secondary N) is 2. The van der Waals surface area contributed by atoms with Crippen LogP contribution in [0.5, 0.6) is 0 Å². The van der Waals surface area contributed by atoms with E-state index in [0.717, 1.165) is 5.56 Å². The highest BCUT2D eigenvalue weighted by Crippen LogP contribution is 2.15. The van der Waals surface area contributed by atoms with Crippen LogP contribution in [-0.4, -0.2) is 30.7 Å². The molecule has 0 bridgehead atoms. The van der Waals surface area contributed by atoms with Crippen LogP contribution in [0.2, 0.25) is 0 Å². The van der Waals surface area contributed by atoms with Gasteiger partial charge in [0.05, 0.1) is 5.56 Å². The first-order valence-electron chi connectivity index (χ1n) is 7.31. The summed E-state index contributed by atoms with van der Waals surface area (Å²) < 4.78 is 5.11. The molecule has 0 saturated heterocycles. The van der Waals surface area contributed by atoms with Crippen LogP contribution in [0, 0.1) is 6.92 Å². The second-order valence-corrected chi connectivity index (χ2v) is 6.07. The van der Waals surface area contributed by atoms with Gasteiger partial charge in [0.25, 0.3) is 5.91 Å². The van der Waals surface area contributed by atoms with Crippen LogP contribution in [0.1, 0.15) is 43.1 Å². The van der Waals surface area contributed by atoms with Gasteiger partial charge in [0.15, 0.2) is 0 Å². The monoisotopic (exact) mass is 307 g/mol. The fourth-order valence-electron chi connectivity index (χ4n) is 1.77. The van der Waals surface area contributed by atoms with E-state index in [9.17, 15) is 9.59 Å². The Kier molecular flexibility index (Phi) is 6.22. The van der Waals surface area contributed by atoms with Crippen molar-refractivity contribution in [3.63, 3.8) is 0 Å². The van der Waals surface area contributed by atoms with Crippen molar-refractivity contribution in [2.45, 2.75) is 39.7 Å². The van der Waals surface area contributed by atoms with Gasteiger partial charge in [0.2, 0.25) is 0 Å². The average Bonchev–Trinajstić information content (AvgIpc) is 2.39. The van der Waals surface area contributed by atoms with Crippen LogP contribution in [0.4, 0.5) is 10.5 Å². The summed E-state index contributed by atoms with van der Waals surface area (Å²) in [4.78, 5) is 23.4. The van der Waals surface area contributed by atoms with Gasteiger partial charge in [0, 0.05) is 18.8 Å². The van der Waals surface area contributed by atoms with E-state index in [1.807, 2.05) is 13.0 Å². The van der Waals surface area contributed by atoms with Crippen LogP contribution in [-0.2, 0) is 4.74 Å². The fraction of sp³-hybridized carbons (Fsp3) is 0.500. The number of hydrogen-bond donors (Lipinski definition) is 3. The smallest absolute Gasteiger partial charge is 0.407 e. The number of ether oxygens (including phenoxy) is 1. The molecule has 0 fully saturated rings. The second kappa shape index (κ2) is 7.68. The molecule has 2 amide bonds. The highest BCUT2D eigenvalue weighted by atomic mass is 16.6. The van der Waals surface area contributed by atoms with E-state index in [0.29, 0.717) is 30.8 Å². The van der Waals surface area contributed by atoms with E-state index in [2.05, 4.69) is 10.6 Å². The van der Waals surface area contributed by atoms with Crippen molar-refractivity contribution in [3.05, 3.63) is 29.3 Å². The van der Waals surface area contributed by atoms with E-state index in [-0.39, 0.29) is 5.91 Å². The number of rotatable bonds is 5. The number of carbonyl (C=O) groups is 2. The van der Waals surface area contributed by atoms with E-state index in [4.69, 9.17) is 10.5 Å². The lowest BCUT2D eigenvalue weighted by molar-refractivity contribution is 0.0527. The van der Waals surface area contributed by atoms with Crippen molar-refractivity contribution in [3.8, 4) is 0 Å². The molecule has 1 aromatic carbocycles. The molecule has 0 unspecified atom stereocenters. The van der Waals surface area contributed by atoms with E-state index < -0.39 is 11.7 Å². The molecule has 0 aliphatic rings. The average molecular weight is 307 g/mol. The van der Waals surface area contributed by atoms with Crippen LogP contribution >= 0.6 is 0 Å². The molecule has 6 heteroatoms. The van der Waals surface area contributed by atoms with E-state index >= 15 is 0 Å². The third-order valence-electron chi connectivity index (χ3n) is 2.88. The van der Waals surface area contributed by atoms with Crippen molar-refractivity contribution in [2.24, 2.45) is 0 Å². The summed E-state index contributed by atoms with van der Waals surface area (Å²) in [7, 11) is 0. The van der Waals surface area contributed by atoms with Gasteiger partial charge in [-0.25, -0.2) is 4.79 Å². The summed E-state index contributed by atoms with van der Waals surface area (Å²) in [6.45, 7) is 8.15. The SMILES string of the molecule is Cc1cccc(C(=O)NCCCNC(=O)OC(C)(C)C)c1N. The lowest BCUT2D eigenvalue weighted by Crippen LogP contribution is -2.34. The molecule has 6 nitrogen and oxygen atoms in total. The molecule has 0 saturated carbocycles. The third-order valence-corrected chi connectivity index (χ3v) is 2.88. The first-order valence-corrected chi connectivity index (χ1v) is 7.31. The summed E-state index contributed by atoms with van der Waals surface area (Å²) in [5.41, 5.74) is 7.20.